The minimum absolute atomic E-state index is 0.118. The predicted molar refractivity (Wildman–Crippen MR) is 113 cm³/mol. The summed E-state index contributed by atoms with van der Waals surface area (Å²) in [6.45, 7) is 0.744. The smallest absolute Gasteiger partial charge is 0.321 e. The molecule has 2 aromatic carbocycles. The molecule has 11 heteroatoms. The van der Waals surface area contributed by atoms with Crippen LogP contribution < -0.4 is 10.6 Å². The molecular formula is C21H18F3N5O2S. The zero-order valence-electron chi connectivity index (χ0n) is 16.6. The number of nitrogens with zero attached hydrogens (tertiary/aromatic N) is 3. The Bertz CT molecular complexity index is 1160. The highest BCUT2D eigenvalue weighted by Crippen LogP contribution is 2.30. The van der Waals surface area contributed by atoms with Crippen LogP contribution in [0.5, 0.6) is 0 Å². The van der Waals surface area contributed by atoms with Gasteiger partial charge in [-0.3, -0.25) is 4.79 Å². The average Bonchev–Trinajstić information content (AvgIpc) is 3.27. The van der Waals surface area contributed by atoms with Gasteiger partial charge in [-0.1, -0.05) is 17.4 Å². The Morgan fingerprint density at radius 2 is 1.84 bits per heavy atom. The van der Waals surface area contributed by atoms with Crippen molar-refractivity contribution >= 4 is 34.6 Å². The molecule has 4 rings (SSSR count). The summed E-state index contributed by atoms with van der Waals surface area (Å²) in [4.78, 5) is 26.4. The second-order valence-electron chi connectivity index (χ2n) is 7.25. The van der Waals surface area contributed by atoms with E-state index in [4.69, 9.17) is 0 Å². The van der Waals surface area contributed by atoms with Crippen molar-refractivity contribution in [1.29, 1.82) is 0 Å². The van der Waals surface area contributed by atoms with E-state index in [9.17, 15) is 22.8 Å². The zero-order chi connectivity index (χ0) is 22.7. The fraction of sp³-hybridized carbons (Fsp3) is 0.238. The van der Waals surface area contributed by atoms with Crippen molar-refractivity contribution in [3.63, 3.8) is 0 Å². The van der Waals surface area contributed by atoms with Crippen LogP contribution in [-0.2, 0) is 0 Å². The number of hydrogen-bond acceptors (Lipinski definition) is 5. The number of carbonyl (C=O) groups is 2. The SMILES string of the molecule is O=C(Nc1cccc(F)c1)c1nnc([C@@H]2CCCN(C(=O)Nc3cc(F)ccc3F)C2)s1. The first kappa shape index (κ1) is 21.8. The summed E-state index contributed by atoms with van der Waals surface area (Å²) in [5, 5.41) is 13.7. The summed E-state index contributed by atoms with van der Waals surface area (Å²) in [6, 6.07) is 7.79. The van der Waals surface area contributed by atoms with Crippen molar-refractivity contribution < 1.29 is 22.8 Å². The van der Waals surface area contributed by atoms with Crippen molar-refractivity contribution in [3.05, 3.63) is 69.9 Å². The van der Waals surface area contributed by atoms with Crippen molar-refractivity contribution in [1.82, 2.24) is 15.1 Å². The maximum atomic E-state index is 13.8. The molecule has 2 N–H and O–H groups in total. The molecule has 32 heavy (non-hydrogen) atoms. The maximum Gasteiger partial charge on any atom is 0.321 e. The van der Waals surface area contributed by atoms with Crippen LogP contribution >= 0.6 is 11.3 Å². The van der Waals surface area contributed by atoms with Gasteiger partial charge in [-0.05, 0) is 43.2 Å². The third-order valence-corrected chi connectivity index (χ3v) is 6.03. The van der Waals surface area contributed by atoms with Gasteiger partial charge in [0.1, 0.15) is 22.5 Å². The molecule has 1 saturated heterocycles. The van der Waals surface area contributed by atoms with E-state index in [2.05, 4.69) is 20.8 Å². The number of likely N-dealkylation sites (tertiary alicyclic amines) is 1. The molecule has 0 bridgehead atoms. The van der Waals surface area contributed by atoms with E-state index >= 15 is 0 Å². The van der Waals surface area contributed by atoms with Gasteiger partial charge in [-0.2, -0.15) is 0 Å². The van der Waals surface area contributed by atoms with E-state index in [0.29, 0.717) is 30.2 Å². The van der Waals surface area contributed by atoms with Crippen LogP contribution in [-0.4, -0.2) is 40.1 Å². The Labute approximate surface area is 185 Å². The van der Waals surface area contributed by atoms with E-state index < -0.39 is 29.4 Å². The normalized spacial score (nSPS) is 16.0. The highest BCUT2D eigenvalue weighted by Gasteiger charge is 2.28. The van der Waals surface area contributed by atoms with Crippen molar-refractivity contribution in [3.8, 4) is 0 Å². The third-order valence-electron chi connectivity index (χ3n) is 4.95. The van der Waals surface area contributed by atoms with Crippen LogP contribution in [0.25, 0.3) is 0 Å². The van der Waals surface area contributed by atoms with Gasteiger partial charge in [0.25, 0.3) is 5.91 Å². The molecule has 1 atom stereocenters. The Balaban J connectivity index is 1.40. The molecule has 1 fully saturated rings. The number of nitrogens with one attached hydrogen (secondary N) is 2. The quantitative estimate of drug-likeness (QED) is 0.594. The topological polar surface area (TPSA) is 87.2 Å². The van der Waals surface area contributed by atoms with Crippen molar-refractivity contribution in [2.45, 2.75) is 18.8 Å². The van der Waals surface area contributed by atoms with Crippen molar-refractivity contribution in [2.75, 3.05) is 23.7 Å². The number of rotatable bonds is 4. The van der Waals surface area contributed by atoms with Crippen LogP contribution in [0.15, 0.2) is 42.5 Å². The fourth-order valence-corrected chi connectivity index (χ4v) is 4.26. The van der Waals surface area contributed by atoms with Gasteiger partial charge < -0.3 is 15.5 Å². The molecular weight excluding hydrogens is 443 g/mol. The van der Waals surface area contributed by atoms with Gasteiger partial charge in [-0.15, -0.1) is 10.2 Å². The number of piperidine rings is 1. The summed E-state index contributed by atoms with van der Waals surface area (Å²) in [6.07, 6.45) is 1.41. The van der Waals surface area contributed by atoms with Crippen LogP contribution in [0.2, 0.25) is 0 Å². The van der Waals surface area contributed by atoms with Gasteiger partial charge in [0.15, 0.2) is 0 Å². The molecule has 0 aliphatic carbocycles. The average molecular weight is 461 g/mol. The first-order valence-corrected chi connectivity index (χ1v) is 10.6. The Morgan fingerprint density at radius 3 is 2.66 bits per heavy atom. The zero-order valence-corrected chi connectivity index (χ0v) is 17.5. The Hall–Kier alpha value is -3.47. The Morgan fingerprint density at radius 1 is 1.03 bits per heavy atom. The lowest BCUT2D eigenvalue weighted by molar-refractivity contribution is 0.102. The molecule has 0 saturated carbocycles. The third kappa shape index (κ3) is 5.05. The van der Waals surface area contributed by atoms with E-state index in [1.165, 1.54) is 23.1 Å². The highest BCUT2D eigenvalue weighted by atomic mass is 32.1. The Kier molecular flexibility index (Phi) is 6.35. The molecule has 2 heterocycles. The van der Waals surface area contributed by atoms with E-state index in [-0.39, 0.29) is 16.6 Å². The lowest BCUT2D eigenvalue weighted by atomic mass is 9.99. The molecule has 3 amide bonds. The standard InChI is InChI=1S/C21H18F3N5O2S/c22-13-4-1-5-15(9-13)25-18(30)20-28-27-19(32-20)12-3-2-8-29(11-12)21(31)26-17-10-14(23)6-7-16(17)24/h1,4-7,9-10,12H,2-3,8,11H2,(H,25,30)(H,26,31)/t12-/m1/s1. The molecule has 0 spiro atoms. The molecule has 1 aliphatic rings. The highest BCUT2D eigenvalue weighted by molar-refractivity contribution is 7.13. The second kappa shape index (κ2) is 9.35. The molecule has 7 nitrogen and oxygen atoms in total. The largest absolute Gasteiger partial charge is 0.324 e. The van der Waals surface area contributed by atoms with Crippen LogP contribution in [0.4, 0.5) is 29.3 Å². The molecule has 0 unspecified atom stereocenters. The number of urea groups is 1. The lowest BCUT2D eigenvalue weighted by Crippen LogP contribution is -2.41. The number of aromatic nitrogens is 2. The first-order valence-electron chi connectivity index (χ1n) is 9.80. The summed E-state index contributed by atoms with van der Waals surface area (Å²) in [5.74, 6) is -2.52. The fourth-order valence-electron chi connectivity index (χ4n) is 3.39. The van der Waals surface area contributed by atoms with Crippen LogP contribution in [0.1, 0.15) is 33.6 Å². The van der Waals surface area contributed by atoms with Crippen molar-refractivity contribution in [2.24, 2.45) is 0 Å². The van der Waals surface area contributed by atoms with E-state index in [1.54, 1.807) is 6.07 Å². The molecule has 166 valence electrons. The molecule has 1 aliphatic heterocycles. The number of halogens is 3. The van der Waals surface area contributed by atoms with E-state index in [0.717, 1.165) is 36.0 Å². The molecule has 1 aromatic heterocycles. The van der Waals surface area contributed by atoms with Gasteiger partial charge in [-0.25, -0.2) is 18.0 Å². The van der Waals surface area contributed by atoms with Crippen LogP contribution in [0.3, 0.4) is 0 Å². The summed E-state index contributed by atoms with van der Waals surface area (Å²) in [7, 11) is 0. The molecule has 3 aromatic rings. The van der Waals surface area contributed by atoms with Gasteiger partial charge in [0, 0.05) is 30.8 Å². The summed E-state index contributed by atoms with van der Waals surface area (Å²) < 4.78 is 40.5. The molecule has 0 radical (unpaired) electrons. The van der Waals surface area contributed by atoms with Gasteiger partial charge >= 0.3 is 6.03 Å². The summed E-state index contributed by atoms with van der Waals surface area (Å²) >= 11 is 1.10. The number of anilines is 2. The minimum Gasteiger partial charge on any atom is -0.324 e. The number of hydrogen-bond donors (Lipinski definition) is 2. The number of amides is 3. The lowest BCUT2D eigenvalue weighted by Gasteiger charge is -2.31. The van der Waals surface area contributed by atoms with Gasteiger partial charge in [0.2, 0.25) is 5.01 Å². The number of benzene rings is 2. The van der Waals surface area contributed by atoms with Gasteiger partial charge in [0.05, 0.1) is 5.69 Å². The predicted octanol–water partition coefficient (Wildman–Crippen LogP) is 4.62. The number of carbonyl (C=O) groups excluding carboxylic acids is 2. The first-order chi connectivity index (χ1) is 15.4. The van der Waals surface area contributed by atoms with Crippen LogP contribution in [0, 0.1) is 17.5 Å². The summed E-state index contributed by atoms with van der Waals surface area (Å²) in [5.41, 5.74) is 0.0705. The minimum atomic E-state index is -0.730. The second-order valence-corrected chi connectivity index (χ2v) is 8.26. The maximum absolute atomic E-state index is 13.8. The van der Waals surface area contributed by atoms with E-state index in [1.807, 2.05) is 0 Å². The monoisotopic (exact) mass is 461 g/mol.